The number of amides is 1. The zero-order valence-corrected chi connectivity index (χ0v) is 20.5. The molecule has 1 fully saturated rings. The second kappa shape index (κ2) is 11.8. The van der Waals surface area contributed by atoms with Gasteiger partial charge in [0.05, 0.1) is 24.5 Å². The summed E-state index contributed by atoms with van der Waals surface area (Å²) in [4.78, 5) is 22.9. The summed E-state index contributed by atoms with van der Waals surface area (Å²) in [5.41, 5.74) is 3.50. The Morgan fingerprint density at radius 3 is 2.49 bits per heavy atom. The van der Waals surface area contributed by atoms with E-state index in [1.54, 1.807) is 12.1 Å². The maximum Gasteiger partial charge on any atom is 0.260 e. The summed E-state index contributed by atoms with van der Waals surface area (Å²) in [5, 5.41) is 2.70. The number of halogens is 1. The third kappa shape index (κ3) is 6.41. The Balaban J connectivity index is 1.32. The number of hydrogen-bond acceptors (Lipinski definition) is 5. The molecule has 1 aliphatic rings. The lowest BCUT2D eigenvalue weighted by molar-refractivity contribution is 0.0322. The van der Waals surface area contributed by atoms with Gasteiger partial charge in [-0.05, 0) is 42.0 Å². The van der Waals surface area contributed by atoms with Crippen LogP contribution in [0.15, 0.2) is 78.9 Å². The van der Waals surface area contributed by atoms with Gasteiger partial charge in [0.25, 0.3) is 5.91 Å². The third-order valence-electron chi connectivity index (χ3n) is 6.26. The van der Waals surface area contributed by atoms with Crippen LogP contribution < -0.4 is 10.1 Å². The molecule has 1 saturated heterocycles. The number of imidazole rings is 1. The Labute approximate surface area is 215 Å². The number of hydrogen-bond donors (Lipinski definition) is 2. The maximum atomic E-state index is 14.1. The van der Waals surface area contributed by atoms with Crippen molar-refractivity contribution < 1.29 is 18.7 Å². The molecule has 1 amide bonds. The van der Waals surface area contributed by atoms with Crippen LogP contribution in [0, 0.1) is 5.82 Å². The van der Waals surface area contributed by atoms with Gasteiger partial charge in [-0.3, -0.25) is 15.0 Å². The topological polar surface area (TPSA) is 79.5 Å². The molecular weight excluding hydrogens is 471 g/mol. The van der Waals surface area contributed by atoms with Gasteiger partial charge in [0.1, 0.15) is 18.2 Å². The van der Waals surface area contributed by atoms with Crippen molar-refractivity contribution in [3.8, 4) is 17.0 Å². The lowest BCUT2D eigenvalue weighted by Gasteiger charge is -2.26. The van der Waals surface area contributed by atoms with Crippen molar-refractivity contribution in [1.82, 2.24) is 14.9 Å². The van der Waals surface area contributed by atoms with E-state index < -0.39 is 11.7 Å². The van der Waals surface area contributed by atoms with Gasteiger partial charge in [0, 0.05) is 37.3 Å². The van der Waals surface area contributed by atoms with Crippen LogP contribution in [-0.4, -0.2) is 60.2 Å². The summed E-state index contributed by atoms with van der Waals surface area (Å²) in [6.07, 6.45) is 0.594. The molecule has 5 rings (SSSR count). The quantitative estimate of drug-likeness (QED) is 0.346. The summed E-state index contributed by atoms with van der Waals surface area (Å²) in [6.45, 7) is 4.87. The van der Waals surface area contributed by atoms with E-state index in [0.717, 1.165) is 55.4 Å². The summed E-state index contributed by atoms with van der Waals surface area (Å²) < 4.78 is 25.4. The molecule has 0 atom stereocenters. The fraction of sp³-hybridized carbons (Fsp3) is 0.241. The highest BCUT2D eigenvalue weighted by Crippen LogP contribution is 2.27. The van der Waals surface area contributed by atoms with E-state index in [-0.39, 0.29) is 11.5 Å². The molecule has 2 N–H and O–H groups in total. The standard InChI is InChI=1S/C29H29FN4O3/c30-25-9-5-4-8-24(25)28(35)33-29-31-26(20-21-6-2-1-3-7-21)27(32-29)22-10-12-23(13-11-22)37-19-16-34-14-17-36-18-15-34/h1-13H,14-20H2,(H2,31,32,33,35). The smallest absolute Gasteiger partial charge is 0.260 e. The van der Waals surface area contributed by atoms with Crippen LogP contribution in [0.3, 0.4) is 0 Å². The highest BCUT2D eigenvalue weighted by molar-refractivity contribution is 6.03. The predicted octanol–water partition coefficient (Wildman–Crippen LogP) is 4.77. The lowest BCUT2D eigenvalue weighted by Crippen LogP contribution is -2.38. The number of anilines is 1. The first-order valence-electron chi connectivity index (χ1n) is 12.4. The largest absolute Gasteiger partial charge is 0.492 e. The SMILES string of the molecule is O=C(Nc1nc(-c2ccc(OCCN3CCOCC3)cc2)c(Cc2ccccc2)[nH]1)c1ccccc1F. The number of nitrogens with zero attached hydrogens (tertiary/aromatic N) is 2. The molecule has 2 heterocycles. The number of ether oxygens (including phenoxy) is 2. The number of morpholine rings is 1. The van der Waals surface area contributed by atoms with Gasteiger partial charge in [0.2, 0.25) is 5.95 Å². The summed E-state index contributed by atoms with van der Waals surface area (Å²) in [6, 6.07) is 23.6. The van der Waals surface area contributed by atoms with Crippen molar-refractivity contribution in [3.63, 3.8) is 0 Å². The third-order valence-corrected chi connectivity index (χ3v) is 6.26. The first-order chi connectivity index (χ1) is 18.2. The molecular formula is C29H29FN4O3. The van der Waals surface area contributed by atoms with E-state index in [0.29, 0.717) is 18.7 Å². The van der Waals surface area contributed by atoms with E-state index in [4.69, 9.17) is 9.47 Å². The van der Waals surface area contributed by atoms with Crippen LogP contribution in [0.5, 0.6) is 5.75 Å². The average molecular weight is 501 g/mol. The van der Waals surface area contributed by atoms with Gasteiger partial charge in [-0.25, -0.2) is 9.37 Å². The normalized spacial score (nSPS) is 13.9. The molecule has 0 saturated carbocycles. The van der Waals surface area contributed by atoms with Crippen molar-refractivity contribution in [2.24, 2.45) is 0 Å². The Morgan fingerprint density at radius 1 is 1.00 bits per heavy atom. The van der Waals surface area contributed by atoms with Crippen LogP contribution >= 0.6 is 0 Å². The molecule has 8 heteroatoms. The maximum absolute atomic E-state index is 14.1. The Morgan fingerprint density at radius 2 is 1.73 bits per heavy atom. The zero-order chi connectivity index (χ0) is 25.5. The number of aromatic amines is 1. The second-order valence-corrected chi connectivity index (χ2v) is 8.84. The molecule has 3 aromatic carbocycles. The minimum atomic E-state index is -0.583. The number of aromatic nitrogens is 2. The molecule has 0 spiro atoms. The highest BCUT2D eigenvalue weighted by atomic mass is 19.1. The fourth-order valence-corrected chi connectivity index (χ4v) is 4.28. The Kier molecular flexibility index (Phi) is 7.88. The van der Waals surface area contributed by atoms with Crippen LogP contribution in [0.25, 0.3) is 11.3 Å². The van der Waals surface area contributed by atoms with E-state index in [1.807, 2.05) is 54.6 Å². The van der Waals surface area contributed by atoms with Crippen molar-refractivity contribution in [3.05, 3.63) is 102 Å². The van der Waals surface area contributed by atoms with Gasteiger partial charge >= 0.3 is 0 Å². The Bertz CT molecular complexity index is 1320. The molecule has 37 heavy (non-hydrogen) atoms. The van der Waals surface area contributed by atoms with Gasteiger partial charge in [-0.15, -0.1) is 0 Å². The molecule has 4 aromatic rings. The minimum absolute atomic E-state index is 0.0383. The number of carbonyl (C=O) groups is 1. The monoisotopic (exact) mass is 500 g/mol. The molecule has 0 radical (unpaired) electrons. The number of benzene rings is 3. The van der Waals surface area contributed by atoms with Crippen molar-refractivity contribution in [1.29, 1.82) is 0 Å². The average Bonchev–Trinajstić information content (AvgIpc) is 3.32. The number of rotatable bonds is 9. The van der Waals surface area contributed by atoms with Gasteiger partial charge in [-0.2, -0.15) is 0 Å². The minimum Gasteiger partial charge on any atom is -0.492 e. The van der Waals surface area contributed by atoms with Crippen molar-refractivity contribution in [2.45, 2.75) is 6.42 Å². The number of carbonyl (C=O) groups excluding carboxylic acids is 1. The van der Waals surface area contributed by atoms with Crippen molar-refractivity contribution >= 4 is 11.9 Å². The molecule has 190 valence electrons. The molecule has 0 aliphatic carbocycles. The molecule has 0 unspecified atom stereocenters. The van der Waals surface area contributed by atoms with Gasteiger partial charge in [-0.1, -0.05) is 42.5 Å². The van der Waals surface area contributed by atoms with Crippen molar-refractivity contribution in [2.75, 3.05) is 44.8 Å². The van der Waals surface area contributed by atoms with E-state index in [9.17, 15) is 9.18 Å². The van der Waals surface area contributed by atoms with Crippen LogP contribution in [0.2, 0.25) is 0 Å². The lowest BCUT2D eigenvalue weighted by atomic mass is 10.0. The number of H-pyrrole nitrogens is 1. The van der Waals surface area contributed by atoms with Crippen LogP contribution in [0.1, 0.15) is 21.6 Å². The number of nitrogens with one attached hydrogen (secondary N) is 2. The molecule has 7 nitrogen and oxygen atoms in total. The second-order valence-electron chi connectivity index (χ2n) is 8.84. The van der Waals surface area contributed by atoms with E-state index in [1.165, 1.54) is 12.1 Å². The first-order valence-corrected chi connectivity index (χ1v) is 12.4. The van der Waals surface area contributed by atoms with E-state index in [2.05, 4.69) is 20.2 Å². The summed E-state index contributed by atoms with van der Waals surface area (Å²) in [7, 11) is 0. The zero-order valence-electron chi connectivity index (χ0n) is 20.5. The Hall–Kier alpha value is -4.01. The molecule has 1 aromatic heterocycles. The summed E-state index contributed by atoms with van der Waals surface area (Å²) >= 11 is 0. The molecule has 0 bridgehead atoms. The predicted molar refractivity (Wildman–Crippen MR) is 140 cm³/mol. The first kappa shape index (κ1) is 24.7. The molecule has 1 aliphatic heterocycles. The van der Waals surface area contributed by atoms with Gasteiger partial charge in [0.15, 0.2) is 0 Å². The van der Waals surface area contributed by atoms with Gasteiger partial charge < -0.3 is 14.5 Å². The summed E-state index contributed by atoms with van der Waals surface area (Å²) in [5.74, 6) is -0.0978. The van der Waals surface area contributed by atoms with E-state index >= 15 is 0 Å². The van der Waals surface area contributed by atoms with Crippen LogP contribution in [0.4, 0.5) is 10.3 Å². The highest BCUT2D eigenvalue weighted by Gasteiger charge is 2.17. The fourth-order valence-electron chi connectivity index (χ4n) is 4.28. The van der Waals surface area contributed by atoms with Crippen LogP contribution in [-0.2, 0) is 11.2 Å².